The molecule has 2 aromatic carbocycles. The van der Waals surface area contributed by atoms with Crippen LogP contribution < -0.4 is 5.32 Å². The Bertz CT molecular complexity index is 984. The zero-order valence-electron chi connectivity index (χ0n) is 14.9. The highest BCUT2D eigenvalue weighted by molar-refractivity contribution is 8.00. The molecule has 0 fully saturated rings. The molecule has 2 heterocycles. The lowest BCUT2D eigenvalue weighted by Gasteiger charge is -2.15. The van der Waals surface area contributed by atoms with Crippen molar-refractivity contribution in [3.63, 3.8) is 0 Å². The number of aromatic nitrogens is 2. The summed E-state index contributed by atoms with van der Waals surface area (Å²) >= 11 is 9.37. The molecule has 0 spiro atoms. The molecule has 138 valence electrons. The standard InChI is InChI=1S/C20H18ClN3OS2/c1-12-18-19(13-3-9-16(26-2)10-4-13)27-11-17(25)22-20(18)24(23-12)15-7-5-14(21)6-8-15/h3-10,19H,11H2,1-2H3,(H,22,25). The molecule has 0 radical (unpaired) electrons. The summed E-state index contributed by atoms with van der Waals surface area (Å²) in [7, 11) is 0. The van der Waals surface area contributed by atoms with Crippen LogP contribution in [0.1, 0.15) is 22.1 Å². The highest BCUT2D eigenvalue weighted by Gasteiger charge is 2.30. The molecule has 3 aromatic rings. The first kappa shape index (κ1) is 18.5. The predicted molar refractivity (Wildman–Crippen MR) is 114 cm³/mol. The van der Waals surface area contributed by atoms with Crippen molar-refractivity contribution in [2.75, 3.05) is 17.3 Å². The van der Waals surface area contributed by atoms with E-state index in [2.05, 4.69) is 35.8 Å². The summed E-state index contributed by atoms with van der Waals surface area (Å²) in [6.45, 7) is 1.99. The van der Waals surface area contributed by atoms with Gasteiger partial charge in [-0.05, 0) is 55.1 Å². The summed E-state index contributed by atoms with van der Waals surface area (Å²) in [6, 6.07) is 16.0. The molecule has 1 unspecified atom stereocenters. The lowest BCUT2D eigenvalue weighted by Crippen LogP contribution is -2.15. The van der Waals surface area contributed by atoms with E-state index in [0.29, 0.717) is 10.8 Å². The molecular formula is C20H18ClN3OS2. The average Bonchev–Trinajstić information content (AvgIpc) is 2.88. The Hall–Kier alpha value is -1.89. The number of fused-ring (bicyclic) bond motifs is 1. The summed E-state index contributed by atoms with van der Waals surface area (Å²) in [5.41, 5.74) is 4.01. The van der Waals surface area contributed by atoms with E-state index in [-0.39, 0.29) is 11.2 Å². The van der Waals surface area contributed by atoms with Gasteiger partial charge in [0.25, 0.3) is 0 Å². The Labute approximate surface area is 171 Å². The third-order valence-corrected chi connectivity index (χ3v) is 6.76. The molecule has 1 aromatic heterocycles. The number of hydrogen-bond acceptors (Lipinski definition) is 4. The van der Waals surface area contributed by atoms with Gasteiger partial charge in [0.15, 0.2) is 0 Å². The molecule has 1 aliphatic heterocycles. The van der Waals surface area contributed by atoms with Gasteiger partial charge < -0.3 is 5.32 Å². The lowest BCUT2D eigenvalue weighted by atomic mass is 10.0. The second-order valence-electron chi connectivity index (χ2n) is 6.25. The molecule has 0 saturated carbocycles. The fourth-order valence-electron chi connectivity index (χ4n) is 3.19. The summed E-state index contributed by atoms with van der Waals surface area (Å²) in [5.74, 6) is 1.13. The molecule has 0 bridgehead atoms. The first-order valence-corrected chi connectivity index (χ1v) is 11.1. The first-order valence-electron chi connectivity index (χ1n) is 8.47. The summed E-state index contributed by atoms with van der Waals surface area (Å²) in [4.78, 5) is 13.6. The maximum atomic E-state index is 12.4. The van der Waals surface area contributed by atoms with E-state index in [1.54, 1.807) is 28.2 Å². The van der Waals surface area contributed by atoms with Gasteiger partial charge in [-0.2, -0.15) is 5.10 Å². The predicted octanol–water partition coefficient (Wildman–Crippen LogP) is 5.33. The van der Waals surface area contributed by atoms with Crippen LogP contribution in [0.4, 0.5) is 5.82 Å². The number of nitrogens with zero attached hydrogens (tertiary/aromatic N) is 2. The van der Waals surface area contributed by atoms with Crippen LogP contribution in [0, 0.1) is 6.92 Å². The van der Waals surface area contributed by atoms with Gasteiger partial charge >= 0.3 is 0 Å². The van der Waals surface area contributed by atoms with E-state index in [0.717, 1.165) is 22.8 Å². The highest BCUT2D eigenvalue weighted by Crippen LogP contribution is 2.44. The van der Waals surface area contributed by atoms with Gasteiger partial charge in [-0.1, -0.05) is 23.7 Å². The maximum Gasteiger partial charge on any atom is 0.235 e. The number of anilines is 1. The minimum Gasteiger partial charge on any atom is -0.310 e. The van der Waals surface area contributed by atoms with Crippen LogP contribution in [-0.4, -0.2) is 27.7 Å². The Morgan fingerprint density at radius 2 is 1.89 bits per heavy atom. The molecule has 27 heavy (non-hydrogen) atoms. The lowest BCUT2D eigenvalue weighted by molar-refractivity contribution is -0.113. The number of rotatable bonds is 3. The zero-order valence-corrected chi connectivity index (χ0v) is 17.3. The van der Waals surface area contributed by atoms with Gasteiger partial charge in [0, 0.05) is 15.5 Å². The zero-order chi connectivity index (χ0) is 19.0. The normalized spacial score (nSPS) is 16.6. The van der Waals surface area contributed by atoms with Crippen LogP contribution in [0.15, 0.2) is 53.4 Å². The van der Waals surface area contributed by atoms with Crippen molar-refractivity contribution in [1.82, 2.24) is 9.78 Å². The number of benzene rings is 2. The summed E-state index contributed by atoms with van der Waals surface area (Å²) in [6.07, 6.45) is 2.07. The smallest absolute Gasteiger partial charge is 0.235 e. The Balaban J connectivity index is 1.84. The number of halogens is 1. The van der Waals surface area contributed by atoms with E-state index in [4.69, 9.17) is 16.7 Å². The molecule has 1 atom stereocenters. The minimum absolute atomic E-state index is 0.0143. The molecule has 1 aliphatic rings. The SMILES string of the molecule is CSc1ccc(C2SCC(=O)Nc3c2c(C)nn3-c2ccc(Cl)cc2)cc1. The van der Waals surface area contributed by atoms with Crippen LogP contribution in [0.5, 0.6) is 0 Å². The molecule has 4 nitrogen and oxygen atoms in total. The fraction of sp³-hybridized carbons (Fsp3) is 0.200. The molecule has 1 amide bonds. The van der Waals surface area contributed by atoms with Gasteiger partial charge in [0.05, 0.1) is 22.4 Å². The Morgan fingerprint density at radius 1 is 1.19 bits per heavy atom. The van der Waals surface area contributed by atoms with Gasteiger partial charge in [-0.3, -0.25) is 4.79 Å². The maximum absolute atomic E-state index is 12.4. The van der Waals surface area contributed by atoms with E-state index in [1.807, 2.05) is 31.2 Å². The minimum atomic E-state index is -0.0143. The summed E-state index contributed by atoms with van der Waals surface area (Å²) in [5, 5.41) is 8.49. The van der Waals surface area contributed by atoms with Crippen molar-refractivity contribution < 1.29 is 4.79 Å². The highest BCUT2D eigenvalue weighted by atomic mass is 35.5. The van der Waals surface area contributed by atoms with E-state index < -0.39 is 0 Å². The van der Waals surface area contributed by atoms with Gasteiger partial charge in [0.2, 0.25) is 5.91 Å². The second-order valence-corrected chi connectivity index (χ2v) is 8.66. The van der Waals surface area contributed by atoms with Crippen molar-refractivity contribution in [1.29, 1.82) is 0 Å². The molecule has 1 N–H and O–H groups in total. The Morgan fingerprint density at radius 3 is 2.56 bits per heavy atom. The Kier molecular flexibility index (Phi) is 5.21. The van der Waals surface area contributed by atoms with Crippen LogP contribution in [0.25, 0.3) is 5.69 Å². The number of aryl methyl sites for hydroxylation is 1. The van der Waals surface area contributed by atoms with Crippen molar-refractivity contribution in [2.45, 2.75) is 17.1 Å². The number of thioether (sulfide) groups is 2. The van der Waals surface area contributed by atoms with Crippen molar-refractivity contribution in [3.8, 4) is 5.69 Å². The monoisotopic (exact) mass is 415 g/mol. The largest absolute Gasteiger partial charge is 0.310 e. The summed E-state index contributed by atoms with van der Waals surface area (Å²) < 4.78 is 1.80. The molecule has 4 rings (SSSR count). The quantitative estimate of drug-likeness (QED) is 0.587. The van der Waals surface area contributed by atoms with Gasteiger partial charge in [0.1, 0.15) is 5.82 Å². The fourth-order valence-corrected chi connectivity index (χ4v) is 4.92. The van der Waals surface area contributed by atoms with E-state index >= 15 is 0 Å². The van der Waals surface area contributed by atoms with Crippen LogP contribution in [-0.2, 0) is 4.79 Å². The van der Waals surface area contributed by atoms with E-state index in [1.165, 1.54) is 10.5 Å². The topological polar surface area (TPSA) is 46.9 Å². The number of carbonyl (C=O) groups is 1. The third-order valence-electron chi connectivity index (χ3n) is 4.50. The van der Waals surface area contributed by atoms with Crippen LogP contribution >= 0.6 is 35.1 Å². The molecule has 7 heteroatoms. The number of carbonyl (C=O) groups excluding carboxylic acids is 1. The number of nitrogens with one attached hydrogen (secondary N) is 1. The first-order chi connectivity index (χ1) is 13.1. The van der Waals surface area contributed by atoms with Crippen molar-refractivity contribution in [2.24, 2.45) is 0 Å². The number of amides is 1. The van der Waals surface area contributed by atoms with Crippen LogP contribution in [0.3, 0.4) is 0 Å². The molecule has 0 aliphatic carbocycles. The number of hydrogen-bond donors (Lipinski definition) is 1. The average molecular weight is 416 g/mol. The molecular weight excluding hydrogens is 398 g/mol. The molecule has 0 saturated heterocycles. The van der Waals surface area contributed by atoms with Crippen LogP contribution in [0.2, 0.25) is 5.02 Å². The van der Waals surface area contributed by atoms with Gasteiger partial charge in [-0.25, -0.2) is 4.68 Å². The van der Waals surface area contributed by atoms with Gasteiger partial charge in [-0.15, -0.1) is 23.5 Å². The van der Waals surface area contributed by atoms with Crippen molar-refractivity contribution in [3.05, 3.63) is 70.4 Å². The van der Waals surface area contributed by atoms with E-state index in [9.17, 15) is 4.79 Å². The van der Waals surface area contributed by atoms with Crippen molar-refractivity contribution >= 4 is 46.8 Å². The second kappa shape index (κ2) is 7.62. The third kappa shape index (κ3) is 3.61.